The van der Waals surface area contributed by atoms with Crippen molar-refractivity contribution in [3.63, 3.8) is 0 Å². The second-order valence-electron chi connectivity index (χ2n) is 14.6. The Balaban J connectivity index is 1.48. The number of nitrogens with one attached hydrogen (secondary N) is 1. The van der Waals surface area contributed by atoms with Gasteiger partial charge in [-0.2, -0.15) is 13.6 Å². The van der Waals surface area contributed by atoms with E-state index in [1.54, 1.807) is 40.9 Å². The largest absolute Gasteiger partial charge is 0.517 e. The minimum Gasteiger partial charge on any atom is -0.482 e. The summed E-state index contributed by atoms with van der Waals surface area (Å²) < 4.78 is 86.9. The topological polar surface area (TPSA) is 107 Å². The normalized spacial score (nSPS) is 19.4. The molecule has 0 spiro atoms. The first-order valence-corrected chi connectivity index (χ1v) is 17.4. The first-order chi connectivity index (χ1) is 25.4. The maximum absolute atomic E-state index is 14.4. The quantitative estimate of drug-likeness (QED) is 0.0461. The van der Waals surface area contributed by atoms with Crippen molar-refractivity contribution >= 4 is 18.0 Å². The molecule has 2 amide bonds. The number of piperazine rings is 1. The summed E-state index contributed by atoms with van der Waals surface area (Å²) in [6.45, 7) is 9.81. The van der Waals surface area contributed by atoms with Gasteiger partial charge in [-0.1, -0.05) is 6.07 Å². The minimum absolute atomic E-state index is 0.00388. The van der Waals surface area contributed by atoms with Gasteiger partial charge >= 0.3 is 12.1 Å². The van der Waals surface area contributed by atoms with Crippen molar-refractivity contribution in [1.82, 2.24) is 15.2 Å². The van der Waals surface area contributed by atoms with Crippen LogP contribution in [0.5, 0.6) is 11.5 Å². The zero-order chi connectivity index (χ0) is 39.7. The molecule has 0 radical (unpaired) electrons. The molecule has 15 heteroatoms. The van der Waals surface area contributed by atoms with Crippen LogP contribution in [0.1, 0.15) is 90.1 Å². The number of likely N-dealkylation sites (N-methyl/N-ethyl adjacent to an activating group) is 1. The van der Waals surface area contributed by atoms with Crippen LogP contribution >= 0.6 is 0 Å². The monoisotopic (exact) mass is 757 g/mol. The fourth-order valence-corrected chi connectivity index (χ4v) is 6.09. The lowest BCUT2D eigenvalue weighted by molar-refractivity contribution is -0.861. The van der Waals surface area contributed by atoms with Gasteiger partial charge in [0.25, 0.3) is 5.91 Å². The Hall–Kier alpha value is -5.07. The maximum atomic E-state index is 14.4. The highest BCUT2D eigenvalue weighted by atomic mass is 19.2. The molecule has 2 fully saturated rings. The molecule has 2 aliphatic rings. The van der Waals surface area contributed by atoms with Crippen molar-refractivity contribution in [2.45, 2.75) is 71.1 Å². The van der Waals surface area contributed by atoms with Crippen LogP contribution in [0.4, 0.5) is 26.7 Å². The van der Waals surface area contributed by atoms with Crippen LogP contribution < -0.4 is 14.8 Å². The molecule has 54 heavy (non-hydrogen) atoms. The van der Waals surface area contributed by atoms with Crippen molar-refractivity contribution in [2.75, 3.05) is 39.8 Å². The zero-order valence-corrected chi connectivity index (χ0v) is 30.8. The number of hydrogen-bond acceptors (Lipinski definition) is 8. The Labute approximate surface area is 310 Å². The molecule has 2 aromatic carbocycles. The highest BCUT2D eigenvalue weighted by Crippen LogP contribution is 2.40. The van der Waals surface area contributed by atoms with E-state index in [1.165, 1.54) is 13.0 Å². The van der Waals surface area contributed by atoms with Gasteiger partial charge < -0.3 is 19.5 Å². The van der Waals surface area contributed by atoms with Crippen LogP contribution in [0.15, 0.2) is 30.5 Å². The number of benzene rings is 2. The maximum Gasteiger partial charge on any atom is 0.517 e. The summed E-state index contributed by atoms with van der Waals surface area (Å²) in [4.78, 5) is 46.6. The number of quaternary nitrogens is 1. The molecule has 1 unspecified atom stereocenters. The number of halogens is 5. The summed E-state index contributed by atoms with van der Waals surface area (Å²) >= 11 is 0. The fraction of sp³-hybridized carbons (Fsp3) is 0.436. The number of amides is 2. The Morgan fingerprint density at radius 2 is 1.69 bits per heavy atom. The van der Waals surface area contributed by atoms with Gasteiger partial charge in [0, 0.05) is 25.8 Å². The van der Waals surface area contributed by atoms with E-state index in [2.05, 4.69) is 16.0 Å². The summed E-state index contributed by atoms with van der Waals surface area (Å²) in [7, 11) is 1.74. The number of ether oxygens (including phenoxy) is 3. The van der Waals surface area contributed by atoms with E-state index in [-0.39, 0.29) is 41.0 Å². The van der Waals surface area contributed by atoms with E-state index in [4.69, 9.17) is 20.9 Å². The molecule has 0 bridgehead atoms. The molecule has 1 N–H and O–H groups in total. The number of esters is 1. The average Bonchev–Trinajstić information content (AvgIpc) is 3.97. The highest BCUT2D eigenvalue weighted by molar-refractivity contribution is 6.01. The van der Waals surface area contributed by atoms with Crippen LogP contribution in [-0.4, -0.2) is 83.8 Å². The van der Waals surface area contributed by atoms with Crippen molar-refractivity contribution in [2.24, 2.45) is 0 Å². The van der Waals surface area contributed by atoms with Crippen LogP contribution in [0.25, 0.3) is 0 Å². The molecule has 288 valence electrons. The Morgan fingerprint density at radius 1 is 1.04 bits per heavy atom. The first-order valence-electron chi connectivity index (χ1n) is 17.4. The van der Waals surface area contributed by atoms with Crippen molar-refractivity contribution in [3.8, 4) is 23.8 Å². The van der Waals surface area contributed by atoms with Gasteiger partial charge in [-0.25, -0.2) is 22.4 Å². The van der Waals surface area contributed by atoms with Gasteiger partial charge in [-0.15, -0.1) is 6.42 Å². The predicted molar refractivity (Wildman–Crippen MR) is 186 cm³/mol. The number of aromatic nitrogens is 1. The predicted octanol–water partition coefficient (Wildman–Crippen LogP) is 6.75. The Bertz CT molecular complexity index is 1960. The molecule has 5 rings (SSSR count). The number of nitrogens with zero attached hydrogens (tertiary/aromatic N) is 3. The van der Waals surface area contributed by atoms with E-state index >= 15 is 0 Å². The molecular weight excluding hydrogens is 715 g/mol. The number of pyridine rings is 1. The van der Waals surface area contributed by atoms with Crippen LogP contribution in [0, 0.1) is 48.4 Å². The molecule has 1 aliphatic carbocycles. The number of terminal acetylenes is 1. The zero-order valence-electron chi connectivity index (χ0n) is 30.8. The third-order valence-electron chi connectivity index (χ3n) is 9.38. The van der Waals surface area contributed by atoms with Crippen LogP contribution in [-0.2, 0) is 4.74 Å². The second kappa shape index (κ2) is 15.7. The molecule has 1 aromatic heterocycles. The standard InChI is InChI=1S/C39H41F5N4O6/c1-8-24-19-47(14-15-48(24,7)38(51)54-39(4,5)6)20-29(27-13-12-23(18-46-27)22-10-11-22)52-28-16-21(3)25(17-26(28)36(49)45-9-2)37(50)53-35-33(43)31(41)30(40)32(42)34(35)44/h1,12-13,16-18,22,24,29H,9-11,14-15,19-20H2,2-7H3/p+1/t24-,29-,48?/m1/s1. The summed E-state index contributed by atoms with van der Waals surface area (Å²) in [5.74, 6) is -12.4. The number of rotatable bonds is 10. The van der Waals surface area contributed by atoms with Gasteiger partial charge in [0.15, 0.2) is 12.1 Å². The van der Waals surface area contributed by atoms with Crippen molar-refractivity contribution < 1.29 is 55.0 Å². The number of carbonyl (C=O) groups excluding carboxylic acids is 3. The van der Waals surface area contributed by atoms with Gasteiger partial charge in [0.2, 0.25) is 34.8 Å². The van der Waals surface area contributed by atoms with Crippen LogP contribution in [0.2, 0.25) is 0 Å². The molecular formula is C39H42F5N4O6+. The van der Waals surface area contributed by atoms with Gasteiger partial charge in [-0.05, 0) is 88.6 Å². The number of hydrogen-bond donors (Lipinski definition) is 1. The van der Waals surface area contributed by atoms with Gasteiger partial charge in [0.1, 0.15) is 17.9 Å². The number of aryl methyl sites for hydroxylation is 1. The summed E-state index contributed by atoms with van der Waals surface area (Å²) in [5.41, 5.74) is 0.383. The summed E-state index contributed by atoms with van der Waals surface area (Å²) in [5, 5.41) is 2.62. The molecule has 3 atom stereocenters. The second-order valence-corrected chi connectivity index (χ2v) is 14.6. The first kappa shape index (κ1) is 40.1. The molecule has 1 saturated carbocycles. The third-order valence-corrected chi connectivity index (χ3v) is 9.38. The number of carbonyl (C=O) groups is 3. The third kappa shape index (κ3) is 8.50. The molecule has 10 nitrogen and oxygen atoms in total. The molecule has 1 saturated heterocycles. The van der Waals surface area contributed by atoms with Crippen LogP contribution in [0.3, 0.4) is 0 Å². The molecule has 1 aliphatic heterocycles. The fourth-order valence-electron chi connectivity index (χ4n) is 6.09. The lowest BCUT2D eigenvalue weighted by Crippen LogP contribution is -2.66. The lowest BCUT2D eigenvalue weighted by Gasteiger charge is -2.44. The summed E-state index contributed by atoms with van der Waals surface area (Å²) in [6, 6.07) is 5.61. The lowest BCUT2D eigenvalue weighted by atomic mass is 10.0. The van der Waals surface area contributed by atoms with E-state index in [9.17, 15) is 36.3 Å². The SMILES string of the molecule is C#C[C@@H]1CN(C[C@@H](Oc2cc(C)c(C(=O)Oc3c(F)c(F)c(F)c(F)c3F)cc2C(=O)NCC)c2ccc(C3CC3)cn2)CC[N+]1(C)C(=O)OC(C)(C)C. The molecule has 2 heterocycles. The van der Waals surface area contributed by atoms with Gasteiger partial charge in [-0.3, -0.25) is 14.7 Å². The van der Waals surface area contributed by atoms with Crippen molar-refractivity contribution in [1.29, 1.82) is 0 Å². The van der Waals surface area contributed by atoms with Gasteiger partial charge in [0.05, 0.1) is 30.4 Å². The highest BCUT2D eigenvalue weighted by Gasteiger charge is 2.47. The summed E-state index contributed by atoms with van der Waals surface area (Å²) in [6.07, 6.45) is 8.58. The smallest absolute Gasteiger partial charge is 0.482 e. The minimum atomic E-state index is -2.41. The van der Waals surface area contributed by atoms with E-state index in [0.29, 0.717) is 24.7 Å². The van der Waals surface area contributed by atoms with E-state index in [1.807, 2.05) is 17.0 Å². The van der Waals surface area contributed by atoms with E-state index < -0.39 is 76.1 Å². The van der Waals surface area contributed by atoms with Crippen molar-refractivity contribution in [3.05, 3.63) is 87.5 Å². The Morgan fingerprint density at radius 3 is 2.24 bits per heavy atom. The Kier molecular flexibility index (Phi) is 11.7. The van der Waals surface area contributed by atoms with E-state index in [0.717, 1.165) is 24.5 Å². The molecule has 3 aromatic rings. The average molecular weight is 758 g/mol.